The SMILES string of the molecule is CC[C@@H](CNC(=O)[C@H](C)OC(=O)c1cccc(O)c1)c1ccccc1. The number of esters is 1. The molecule has 0 heterocycles. The quantitative estimate of drug-likeness (QED) is 0.758. The second-order valence-electron chi connectivity index (χ2n) is 5.86. The third kappa shape index (κ3) is 5.35. The molecule has 25 heavy (non-hydrogen) atoms. The monoisotopic (exact) mass is 341 g/mol. The minimum Gasteiger partial charge on any atom is -0.508 e. The maximum Gasteiger partial charge on any atom is 0.339 e. The van der Waals surface area contributed by atoms with Gasteiger partial charge in [-0.05, 0) is 37.1 Å². The van der Waals surface area contributed by atoms with E-state index in [1.165, 1.54) is 25.1 Å². The molecule has 2 aromatic carbocycles. The molecule has 0 aliphatic rings. The largest absolute Gasteiger partial charge is 0.508 e. The van der Waals surface area contributed by atoms with E-state index in [1.807, 2.05) is 30.3 Å². The average Bonchev–Trinajstić information content (AvgIpc) is 2.62. The van der Waals surface area contributed by atoms with E-state index in [9.17, 15) is 14.7 Å². The van der Waals surface area contributed by atoms with E-state index in [-0.39, 0.29) is 23.1 Å². The molecule has 2 rings (SSSR count). The summed E-state index contributed by atoms with van der Waals surface area (Å²) in [5.74, 6) is -0.809. The van der Waals surface area contributed by atoms with Gasteiger partial charge in [0.1, 0.15) is 5.75 Å². The van der Waals surface area contributed by atoms with Gasteiger partial charge in [-0.2, -0.15) is 0 Å². The Morgan fingerprint density at radius 2 is 1.84 bits per heavy atom. The molecule has 0 spiro atoms. The highest BCUT2D eigenvalue weighted by atomic mass is 16.5. The van der Waals surface area contributed by atoms with Crippen LogP contribution in [0.1, 0.15) is 42.1 Å². The van der Waals surface area contributed by atoms with Crippen LogP contribution in [0, 0.1) is 0 Å². The fourth-order valence-corrected chi connectivity index (χ4v) is 2.51. The first-order chi connectivity index (χ1) is 12.0. The Bertz CT molecular complexity index is 715. The summed E-state index contributed by atoms with van der Waals surface area (Å²) in [6.45, 7) is 4.07. The highest BCUT2D eigenvalue weighted by Gasteiger charge is 2.20. The summed E-state index contributed by atoms with van der Waals surface area (Å²) in [7, 11) is 0. The van der Waals surface area contributed by atoms with Crippen LogP contribution in [0.2, 0.25) is 0 Å². The Kier molecular flexibility index (Phi) is 6.57. The Balaban J connectivity index is 1.88. The van der Waals surface area contributed by atoms with Gasteiger partial charge < -0.3 is 15.2 Å². The van der Waals surface area contributed by atoms with Gasteiger partial charge in [-0.3, -0.25) is 4.79 Å². The molecule has 2 aromatic rings. The van der Waals surface area contributed by atoms with Gasteiger partial charge in [0.2, 0.25) is 0 Å². The first-order valence-corrected chi connectivity index (χ1v) is 8.34. The minimum atomic E-state index is -0.914. The van der Waals surface area contributed by atoms with Crippen molar-refractivity contribution < 1.29 is 19.4 Å². The van der Waals surface area contributed by atoms with Gasteiger partial charge in [-0.15, -0.1) is 0 Å². The van der Waals surface area contributed by atoms with Crippen molar-refractivity contribution in [2.45, 2.75) is 32.3 Å². The number of amides is 1. The van der Waals surface area contributed by atoms with Gasteiger partial charge >= 0.3 is 5.97 Å². The molecule has 0 aromatic heterocycles. The summed E-state index contributed by atoms with van der Waals surface area (Å²) in [5, 5.41) is 12.2. The highest BCUT2D eigenvalue weighted by Crippen LogP contribution is 2.18. The number of hydrogen-bond donors (Lipinski definition) is 2. The lowest BCUT2D eigenvalue weighted by molar-refractivity contribution is -0.129. The number of phenols is 1. The molecule has 0 bridgehead atoms. The van der Waals surface area contributed by atoms with Gasteiger partial charge in [0.05, 0.1) is 5.56 Å². The molecule has 0 radical (unpaired) electrons. The number of phenolic OH excluding ortho intramolecular Hbond substituents is 1. The number of benzene rings is 2. The van der Waals surface area contributed by atoms with E-state index in [0.717, 1.165) is 12.0 Å². The zero-order chi connectivity index (χ0) is 18.2. The van der Waals surface area contributed by atoms with E-state index >= 15 is 0 Å². The van der Waals surface area contributed by atoms with Crippen LogP contribution >= 0.6 is 0 Å². The van der Waals surface area contributed by atoms with Crippen LogP contribution in [-0.2, 0) is 9.53 Å². The van der Waals surface area contributed by atoms with Crippen LogP contribution in [0.3, 0.4) is 0 Å². The van der Waals surface area contributed by atoms with Gasteiger partial charge in [0.25, 0.3) is 5.91 Å². The van der Waals surface area contributed by atoms with E-state index in [0.29, 0.717) is 6.54 Å². The van der Waals surface area contributed by atoms with Crippen LogP contribution in [0.25, 0.3) is 0 Å². The standard InChI is InChI=1S/C20H23NO4/c1-3-15(16-8-5-4-6-9-16)13-21-19(23)14(2)25-20(24)17-10-7-11-18(22)12-17/h4-12,14-15,22H,3,13H2,1-2H3,(H,21,23)/t14-,15-/m0/s1. The summed E-state index contributed by atoms with van der Waals surface area (Å²) in [4.78, 5) is 24.2. The van der Waals surface area contributed by atoms with E-state index < -0.39 is 12.1 Å². The Hall–Kier alpha value is -2.82. The minimum absolute atomic E-state index is 0.0276. The molecule has 0 saturated carbocycles. The van der Waals surface area contributed by atoms with Crippen molar-refractivity contribution in [1.82, 2.24) is 5.32 Å². The van der Waals surface area contributed by atoms with Crippen molar-refractivity contribution in [1.29, 1.82) is 0 Å². The summed E-state index contributed by atoms with van der Waals surface area (Å²) in [6.07, 6.45) is -0.0231. The molecule has 0 aliphatic carbocycles. The number of aromatic hydroxyl groups is 1. The molecule has 0 fully saturated rings. The molecule has 132 valence electrons. The third-order valence-electron chi connectivity index (χ3n) is 4.02. The molecule has 5 heteroatoms. The predicted molar refractivity (Wildman–Crippen MR) is 95.5 cm³/mol. The second kappa shape index (κ2) is 8.87. The molecule has 0 saturated heterocycles. The number of carbonyl (C=O) groups is 2. The van der Waals surface area contributed by atoms with Crippen LogP contribution < -0.4 is 5.32 Å². The fraction of sp³-hybridized carbons (Fsp3) is 0.300. The highest BCUT2D eigenvalue weighted by molar-refractivity contribution is 5.92. The summed E-state index contributed by atoms with van der Waals surface area (Å²) in [6, 6.07) is 15.8. The molecule has 2 N–H and O–H groups in total. The molecule has 5 nitrogen and oxygen atoms in total. The number of rotatable bonds is 7. The lowest BCUT2D eigenvalue weighted by Crippen LogP contribution is -2.38. The van der Waals surface area contributed by atoms with Crippen molar-refractivity contribution in [3.05, 3.63) is 65.7 Å². The normalized spacial score (nSPS) is 12.9. The summed E-state index contributed by atoms with van der Waals surface area (Å²) in [5.41, 5.74) is 1.37. The molecule has 1 amide bonds. The lowest BCUT2D eigenvalue weighted by atomic mass is 9.96. The Morgan fingerprint density at radius 1 is 1.12 bits per heavy atom. The maximum atomic E-state index is 12.2. The smallest absolute Gasteiger partial charge is 0.339 e. The maximum absolute atomic E-state index is 12.2. The molecule has 0 aliphatic heterocycles. The van der Waals surface area contributed by atoms with Crippen LogP contribution in [-0.4, -0.2) is 29.6 Å². The van der Waals surface area contributed by atoms with E-state index in [1.54, 1.807) is 6.07 Å². The number of carbonyl (C=O) groups excluding carboxylic acids is 2. The summed E-state index contributed by atoms with van der Waals surface area (Å²) < 4.78 is 5.16. The lowest BCUT2D eigenvalue weighted by Gasteiger charge is -2.18. The van der Waals surface area contributed by atoms with Gasteiger partial charge in [0.15, 0.2) is 6.10 Å². The van der Waals surface area contributed by atoms with Crippen LogP contribution in [0.5, 0.6) is 5.75 Å². The van der Waals surface area contributed by atoms with Gasteiger partial charge in [-0.1, -0.05) is 43.3 Å². The van der Waals surface area contributed by atoms with Crippen LogP contribution in [0.15, 0.2) is 54.6 Å². The van der Waals surface area contributed by atoms with E-state index in [2.05, 4.69) is 12.2 Å². The van der Waals surface area contributed by atoms with E-state index in [4.69, 9.17) is 4.74 Å². The zero-order valence-corrected chi connectivity index (χ0v) is 14.4. The van der Waals surface area contributed by atoms with Crippen LogP contribution in [0.4, 0.5) is 0 Å². The molecular weight excluding hydrogens is 318 g/mol. The number of ether oxygens (including phenoxy) is 1. The third-order valence-corrected chi connectivity index (χ3v) is 4.02. The predicted octanol–water partition coefficient (Wildman–Crippen LogP) is 3.25. The Labute approximate surface area is 147 Å². The van der Waals surface area contributed by atoms with Gasteiger partial charge in [0, 0.05) is 12.5 Å². The van der Waals surface area contributed by atoms with Crippen molar-refractivity contribution in [2.75, 3.05) is 6.54 Å². The summed E-state index contributed by atoms with van der Waals surface area (Å²) >= 11 is 0. The Morgan fingerprint density at radius 3 is 2.48 bits per heavy atom. The molecule has 0 unspecified atom stereocenters. The second-order valence-corrected chi connectivity index (χ2v) is 5.86. The van der Waals surface area contributed by atoms with Crippen molar-refractivity contribution in [2.24, 2.45) is 0 Å². The van der Waals surface area contributed by atoms with Crippen molar-refractivity contribution >= 4 is 11.9 Å². The molecule has 2 atom stereocenters. The van der Waals surface area contributed by atoms with Crippen molar-refractivity contribution in [3.8, 4) is 5.75 Å². The first-order valence-electron chi connectivity index (χ1n) is 8.34. The van der Waals surface area contributed by atoms with Crippen molar-refractivity contribution in [3.63, 3.8) is 0 Å². The molecular formula is C20H23NO4. The fourth-order valence-electron chi connectivity index (χ4n) is 2.51. The first kappa shape index (κ1) is 18.5. The van der Waals surface area contributed by atoms with Gasteiger partial charge in [-0.25, -0.2) is 4.79 Å². The average molecular weight is 341 g/mol. The topological polar surface area (TPSA) is 75.6 Å². The number of nitrogens with one attached hydrogen (secondary N) is 1. The number of hydrogen-bond acceptors (Lipinski definition) is 4. The zero-order valence-electron chi connectivity index (χ0n) is 14.4.